The number of para-hydroxylation sites is 1. The van der Waals surface area contributed by atoms with Crippen LogP contribution in [0.15, 0.2) is 79.0 Å². The summed E-state index contributed by atoms with van der Waals surface area (Å²) < 4.78 is 10.9. The Morgan fingerprint density at radius 3 is 2.58 bits per heavy atom. The van der Waals surface area contributed by atoms with E-state index in [1.54, 1.807) is 7.11 Å². The standard InChI is InChI=1S/C26H26N2O3/c1-18-6-5-7-21(14-18)31-17-26(29)28-15-23(19-10-12-20(30-2)13-11-19)24-16-27-25-9-4-3-8-22(24)25/h3-14,16,23,27H,15,17H2,1-2H3,(H,28,29)/t23-/m0/s1. The number of H-pyrrole nitrogens is 1. The van der Waals surface area contributed by atoms with Crippen molar-refractivity contribution in [1.82, 2.24) is 10.3 Å². The Morgan fingerprint density at radius 1 is 1.00 bits per heavy atom. The average Bonchev–Trinajstić information content (AvgIpc) is 3.22. The van der Waals surface area contributed by atoms with Gasteiger partial charge in [-0.2, -0.15) is 0 Å². The molecule has 5 heteroatoms. The van der Waals surface area contributed by atoms with E-state index < -0.39 is 0 Å². The third-order valence-electron chi connectivity index (χ3n) is 5.38. The van der Waals surface area contributed by atoms with Crippen molar-refractivity contribution in [3.05, 3.63) is 95.7 Å². The van der Waals surface area contributed by atoms with Gasteiger partial charge in [0, 0.05) is 29.6 Å². The quantitative estimate of drug-likeness (QED) is 0.435. The number of aromatic nitrogens is 1. The molecule has 0 spiro atoms. The van der Waals surface area contributed by atoms with Crippen LogP contribution in [-0.2, 0) is 4.79 Å². The number of hydrogen-bond donors (Lipinski definition) is 2. The topological polar surface area (TPSA) is 63.4 Å². The molecular formula is C26H26N2O3. The Bertz CT molecular complexity index is 1160. The number of fused-ring (bicyclic) bond motifs is 1. The molecule has 5 nitrogen and oxygen atoms in total. The largest absolute Gasteiger partial charge is 0.497 e. The molecule has 3 aromatic carbocycles. The number of benzene rings is 3. The number of methoxy groups -OCH3 is 1. The molecule has 2 N–H and O–H groups in total. The summed E-state index contributed by atoms with van der Waals surface area (Å²) in [7, 11) is 1.65. The second-order valence-electron chi connectivity index (χ2n) is 7.52. The highest BCUT2D eigenvalue weighted by Crippen LogP contribution is 2.31. The van der Waals surface area contributed by atoms with Crippen LogP contribution in [-0.4, -0.2) is 31.2 Å². The lowest BCUT2D eigenvalue weighted by atomic mass is 9.91. The average molecular weight is 415 g/mol. The highest BCUT2D eigenvalue weighted by atomic mass is 16.5. The van der Waals surface area contributed by atoms with Crippen molar-refractivity contribution in [2.24, 2.45) is 0 Å². The number of aromatic amines is 1. The molecule has 1 amide bonds. The second-order valence-corrected chi connectivity index (χ2v) is 7.52. The van der Waals surface area contributed by atoms with E-state index in [1.165, 1.54) is 0 Å². The van der Waals surface area contributed by atoms with Crippen molar-refractivity contribution < 1.29 is 14.3 Å². The van der Waals surface area contributed by atoms with Crippen LogP contribution in [0.4, 0.5) is 0 Å². The van der Waals surface area contributed by atoms with Gasteiger partial charge in [0.1, 0.15) is 11.5 Å². The van der Waals surface area contributed by atoms with Gasteiger partial charge in [-0.1, -0.05) is 42.5 Å². The maximum absolute atomic E-state index is 12.5. The second kappa shape index (κ2) is 9.39. The van der Waals surface area contributed by atoms with Gasteiger partial charge in [-0.3, -0.25) is 4.79 Å². The number of carbonyl (C=O) groups is 1. The van der Waals surface area contributed by atoms with Crippen molar-refractivity contribution >= 4 is 16.8 Å². The normalized spacial score (nSPS) is 11.8. The molecule has 0 radical (unpaired) electrons. The molecule has 0 bridgehead atoms. The molecule has 158 valence electrons. The minimum absolute atomic E-state index is 0.00928. The maximum Gasteiger partial charge on any atom is 0.257 e. The van der Waals surface area contributed by atoms with E-state index in [1.807, 2.05) is 73.8 Å². The first-order chi connectivity index (χ1) is 15.1. The van der Waals surface area contributed by atoms with E-state index in [4.69, 9.17) is 9.47 Å². The molecule has 1 aromatic heterocycles. The van der Waals surface area contributed by atoms with E-state index in [0.717, 1.165) is 33.3 Å². The smallest absolute Gasteiger partial charge is 0.257 e. The highest BCUT2D eigenvalue weighted by molar-refractivity contribution is 5.84. The van der Waals surface area contributed by atoms with Gasteiger partial charge in [-0.05, 0) is 53.9 Å². The third-order valence-corrected chi connectivity index (χ3v) is 5.38. The summed E-state index contributed by atoms with van der Waals surface area (Å²) in [5.74, 6) is 1.33. The minimum Gasteiger partial charge on any atom is -0.497 e. The van der Waals surface area contributed by atoms with Crippen LogP contribution in [0.25, 0.3) is 10.9 Å². The molecule has 0 aliphatic rings. The molecule has 4 rings (SSSR count). The first kappa shape index (κ1) is 20.5. The molecule has 1 atom stereocenters. The SMILES string of the molecule is COc1ccc([C@H](CNC(=O)COc2cccc(C)c2)c2c[nH]c3ccccc23)cc1. The van der Waals surface area contributed by atoms with Gasteiger partial charge in [-0.15, -0.1) is 0 Å². The van der Waals surface area contributed by atoms with Crippen LogP contribution < -0.4 is 14.8 Å². The van der Waals surface area contributed by atoms with Gasteiger partial charge < -0.3 is 19.8 Å². The fourth-order valence-electron chi connectivity index (χ4n) is 3.75. The summed E-state index contributed by atoms with van der Waals surface area (Å²) >= 11 is 0. The number of aryl methyl sites for hydroxylation is 1. The molecule has 0 aliphatic carbocycles. The predicted molar refractivity (Wildman–Crippen MR) is 123 cm³/mol. The van der Waals surface area contributed by atoms with Crippen LogP contribution in [0.5, 0.6) is 11.5 Å². The zero-order valence-corrected chi connectivity index (χ0v) is 17.7. The summed E-state index contributed by atoms with van der Waals surface area (Å²) in [4.78, 5) is 15.8. The summed E-state index contributed by atoms with van der Waals surface area (Å²) in [5, 5.41) is 4.19. The van der Waals surface area contributed by atoms with Gasteiger partial charge in [0.25, 0.3) is 5.91 Å². The molecule has 1 heterocycles. The van der Waals surface area contributed by atoms with E-state index in [2.05, 4.69) is 22.4 Å². The van der Waals surface area contributed by atoms with Crippen LogP contribution in [0.2, 0.25) is 0 Å². The van der Waals surface area contributed by atoms with Gasteiger partial charge in [0.05, 0.1) is 7.11 Å². The van der Waals surface area contributed by atoms with Crippen molar-refractivity contribution in [3.8, 4) is 11.5 Å². The zero-order valence-electron chi connectivity index (χ0n) is 17.7. The van der Waals surface area contributed by atoms with Gasteiger partial charge >= 0.3 is 0 Å². The molecule has 31 heavy (non-hydrogen) atoms. The van der Waals surface area contributed by atoms with Crippen molar-refractivity contribution in [1.29, 1.82) is 0 Å². The van der Waals surface area contributed by atoms with E-state index >= 15 is 0 Å². The number of rotatable bonds is 8. The Morgan fingerprint density at radius 2 is 1.81 bits per heavy atom. The lowest BCUT2D eigenvalue weighted by molar-refractivity contribution is -0.123. The van der Waals surface area contributed by atoms with Crippen molar-refractivity contribution in [2.45, 2.75) is 12.8 Å². The van der Waals surface area contributed by atoms with Crippen LogP contribution in [0.1, 0.15) is 22.6 Å². The number of carbonyl (C=O) groups excluding carboxylic acids is 1. The van der Waals surface area contributed by atoms with Crippen molar-refractivity contribution in [3.63, 3.8) is 0 Å². The van der Waals surface area contributed by atoms with E-state index in [-0.39, 0.29) is 18.4 Å². The number of ether oxygens (including phenoxy) is 2. The van der Waals surface area contributed by atoms with Crippen LogP contribution in [0, 0.1) is 6.92 Å². The molecular weight excluding hydrogens is 388 g/mol. The van der Waals surface area contributed by atoms with Crippen LogP contribution >= 0.6 is 0 Å². The Hall–Kier alpha value is -3.73. The summed E-state index contributed by atoms with van der Waals surface area (Å²) in [5.41, 5.74) is 4.41. The molecule has 0 aliphatic heterocycles. The fourth-order valence-corrected chi connectivity index (χ4v) is 3.75. The van der Waals surface area contributed by atoms with Crippen LogP contribution in [0.3, 0.4) is 0 Å². The number of amides is 1. The predicted octanol–water partition coefficient (Wildman–Crippen LogP) is 4.81. The lowest BCUT2D eigenvalue weighted by Crippen LogP contribution is -2.32. The first-order valence-corrected chi connectivity index (χ1v) is 10.3. The van der Waals surface area contributed by atoms with Crippen molar-refractivity contribution in [2.75, 3.05) is 20.3 Å². The Labute approximate surface area is 182 Å². The van der Waals surface area contributed by atoms with Gasteiger partial charge in [0.2, 0.25) is 0 Å². The third kappa shape index (κ3) is 4.89. The number of nitrogens with one attached hydrogen (secondary N) is 2. The van der Waals surface area contributed by atoms with E-state index in [0.29, 0.717) is 12.3 Å². The van der Waals surface area contributed by atoms with Gasteiger partial charge in [-0.25, -0.2) is 0 Å². The first-order valence-electron chi connectivity index (χ1n) is 10.3. The molecule has 4 aromatic rings. The zero-order chi connectivity index (χ0) is 21.6. The fraction of sp³-hybridized carbons (Fsp3) is 0.192. The molecule has 0 saturated carbocycles. The molecule has 0 unspecified atom stereocenters. The highest BCUT2D eigenvalue weighted by Gasteiger charge is 2.19. The summed E-state index contributed by atoms with van der Waals surface area (Å²) in [6.07, 6.45) is 2.02. The molecule has 0 saturated heterocycles. The summed E-state index contributed by atoms with van der Waals surface area (Å²) in [6, 6.07) is 23.8. The van der Waals surface area contributed by atoms with Gasteiger partial charge in [0.15, 0.2) is 6.61 Å². The van der Waals surface area contributed by atoms with E-state index in [9.17, 15) is 4.79 Å². The maximum atomic E-state index is 12.5. The minimum atomic E-state index is -0.153. The monoisotopic (exact) mass is 414 g/mol. The lowest BCUT2D eigenvalue weighted by Gasteiger charge is -2.19. The Kier molecular flexibility index (Phi) is 6.22. The Balaban J connectivity index is 1.51. The molecule has 0 fully saturated rings. The number of hydrogen-bond acceptors (Lipinski definition) is 3. The summed E-state index contributed by atoms with van der Waals surface area (Å²) in [6.45, 7) is 2.43.